The third-order valence-electron chi connectivity index (χ3n) is 9.87. The van der Waals surface area contributed by atoms with Gasteiger partial charge in [0.15, 0.2) is 0 Å². The van der Waals surface area contributed by atoms with E-state index >= 15 is 0 Å². The molecule has 51 heavy (non-hydrogen) atoms. The summed E-state index contributed by atoms with van der Waals surface area (Å²) < 4.78 is 7.49. The standard InChI is InChI=1S/C46H31N3OS/c1-2-9-31(10-3-1)41-25-22-35(29-48-41)49(34-23-26-44-40(27-34)36-11-4-6-15-43(36)50-44)33-20-17-30(18-21-33)32-19-24-42(47-28-32)39-14-8-13-38-37-12-5-7-16-45(37)51-46(38)39/h1-4,6-11,13-29H,5,12H2. The molecular weight excluding hydrogens is 643 g/mol. The van der Waals surface area contributed by atoms with Gasteiger partial charge in [-0.2, -0.15) is 0 Å². The van der Waals surface area contributed by atoms with E-state index in [1.807, 2.05) is 54.1 Å². The van der Waals surface area contributed by atoms with E-state index < -0.39 is 0 Å². The van der Waals surface area contributed by atoms with Crippen LogP contribution < -0.4 is 4.90 Å². The first-order valence-electron chi connectivity index (χ1n) is 17.3. The number of thiophene rings is 1. The van der Waals surface area contributed by atoms with Crippen molar-refractivity contribution in [2.45, 2.75) is 12.8 Å². The second kappa shape index (κ2) is 12.2. The molecule has 0 fully saturated rings. The normalized spacial score (nSPS) is 12.5. The second-order valence-electron chi connectivity index (χ2n) is 12.9. The lowest BCUT2D eigenvalue weighted by molar-refractivity contribution is 0.669. The van der Waals surface area contributed by atoms with Crippen LogP contribution in [-0.2, 0) is 6.42 Å². The summed E-state index contributed by atoms with van der Waals surface area (Å²) in [5, 5.41) is 3.55. The molecule has 4 heterocycles. The van der Waals surface area contributed by atoms with Crippen LogP contribution >= 0.6 is 11.3 Å². The minimum atomic E-state index is 0.871. The number of aryl methyl sites for hydroxylation is 1. The Balaban J connectivity index is 1.01. The number of anilines is 3. The van der Waals surface area contributed by atoms with Gasteiger partial charge in [-0.05, 0) is 90.0 Å². The van der Waals surface area contributed by atoms with Crippen molar-refractivity contribution >= 4 is 66.5 Å². The highest BCUT2D eigenvalue weighted by molar-refractivity contribution is 7.20. The van der Waals surface area contributed by atoms with Gasteiger partial charge in [-0.15, -0.1) is 11.3 Å². The minimum absolute atomic E-state index is 0.871. The summed E-state index contributed by atoms with van der Waals surface area (Å²) in [7, 11) is 0. The molecule has 0 unspecified atom stereocenters. The maximum absolute atomic E-state index is 6.17. The summed E-state index contributed by atoms with van der Waals surface area (Å²) >= 11 is 1.88. The van der Waals surface area contributed by atoms with Crippen molar-refractivity contribution in [3.8, 4) is 33.6 Å². The molecule has 4 nitrogen and oxygen atoms in total. The Morgan fingerprint density at radius 3 is 2.14 bits per heavy atom. The highest BCUT2D eigenvalue weighted by Crippen LogP contribution is 2.42. The van der Waals surface area contributed by atoms with Gasteiger partial charge in [-0.3, -0.25) is 9.97 Å². The van der Waals surface area contributed by atoms with Gasteiger partial charge in [0, 0.05) is 54.6 Å². The van der Waals surface area contributed by atoms with E-state index in [9.17, 15) is 0 Å². The van der Waals surface area contributed by atoms with Gasteiger partial charge in [-0.1, -0.05) is 91.0 Å². The van der Waals surface area contributed by atoms with Crippen LogP contribution in [0.4, 0.5) is 17.1 Å². The van der Waals surface area contributed by atoms with E-state index in [1.165, 1.54) is 26.1 Å². The van der Waals surface area contributed by atoms with Crippen LogP contribution in [0.1, 0.15) is 16.9 Å². The smallest absolute Gasteiger partial charge is 0.135 e. The third kappa shape index (κ3) is 5.22. The first kappa shape index (κ1) is 29.6. The molecule has 0 radical (unpaired) electrons. The van der Waals surface area contributed by atoms with Gasteiger partial charge < -0.3 is 9.32 Å². The average molecular weight is 674 g/mol. The maximum Gasteiger partial charge on any atom is 0.135 e. The Labute approximate surface area is 299 Å². The predicted molar refractivity (Wildman–Crippen MR) is 213 cm³/mol. The molecular formula is C46H31N3OS. The van der Waals surface area contributed by atoms with Crippen molar-refractivity contribution in [3.05, 3.63) is 168 Å². The fourth-order valence-electron chi connectivity index (χ4n) is 7.33. The summed E-state index contributed by atoms with van der Waals surface area (Å²) in [4.78, 5) is 13.5. The molecule has 0 amide bonds. The lowest BCUT2D eigenvalue weighted by atomic mass is 9.99. The highest BCUT2D eigenvalue weighted by Gasteiger charge is 2.18. The van der Waals surface area contributed by atoms with Crippen LogP contribution in [0.5, 0.6) is 0 Å². The highest BCUT2D eigenvalue weighted by atomic mass is 32.1. The number of aromatic nitrogens is 2. The lowest BCUT2D eigenvalue weighted by Crippen LogP contribution is -2.10. The zero-order valence-electron chi connectivity index (χ0n) is 27.7. The van der Waals surface area contributed by atoms with Crippen LogP contribution in [0.3, 0.4) is 0 Å². The zero-order valence-corrected chi connectivity index (χ0v) is 28.5. The third-order valence-corrected chi connectivity index (χ3v) is 11.1. The number of fused-ring (bicyclic) bond motifs is 6. The monoisotopic (exact) mass is 673 g/mol. The summed E-state index contributed by atoms with van der Waals surface area (Å²) in [5.74, 6) is 0. The Morgan fingerprint density at radius 1 is 0.549 bits per heavy atom. The Hall–Kier alpha value is -6.30. The number of hydrogen-bond donors (Lipinski definition) is 0. The number of benzene rings is 5. The Morgan fingerprint density at radius 2 is 1.29 bits per heavy atom. The molecule has 0 spiro atoms. The number of pyridine rings is 2. The molecule has 0 atom stereocenters. The molecule has 242 valence electrons. The van der Waals surface area contributed by atoms with Crippen molar-refractivity contribution < 1.29 is 4.42 Å². The molecule has 1 aliphatic rings. The number of nitrogens with zero attached hydrogens (tertiary/aromatic N) is 3. The van der Waals surface area contributed by atoms with Gasteiger partial charge in [0.05, 0.1) is 23.3 Å². The predicted octanol–water partition coefficient (Wildman–Crippen LogP) is 13.0. The Kier molecular flexibility index (Phi) is 7.10. The first-order valence-corrected chi connectivity index (χ1v) is 18.1. The molecule has 0 N–H and O–H groups in total. The van der Waals surface area contributed by atoms with Gasteiger partial charge in [0.2, 0.25) is 0 Å². The van der Waals surface area contributed by atoms with Crippen molar-refractivity contribution in [2.24, 2.45) is 0 Å². The van der Waals surface area contributed by atoms with Gasteiger partial charge in [0.1, 0.15) is 11.2 Å². The van der Waals surface area contributed by atoms with Crippen molar-refractivity contribution in [2.75, 3.05) is 4.90 Å². The molecule has 10 rings (SSSR count). The molecule has 5 heteroatoms. The molecule has 5 aromatic carbocycles. The minimum Gasteiger partial charge on any atom is -0.456 e. The summed E-state index contributed by atoms with van der Waals surface area (Å²) in [6.45, 7) is 0. The van der Waals surface area contributed by atoms with Crippen LogP contribution in [0, 0.1) is 0 Å². The number of furan rings is 1. The van der Waals surface area contributed by atoms with Crippen LogP contribution in [-0.4, -0.2) is 9.97 Å². The quantitative estimate of drug-likeness (QED) is 0.176. The van der Waals surface area contributed by atoms with Gasteiger partial charge >= 0.3 is 0 Å². The summed E-state index contributed by atoms with van der Waals surface area (Å²) in [6.07, 6.45) is 10.7. The second-order valence-corrected chi connectivity index (χ2v) is 14.0. The fourth-order valence-corrected chi connectivity index (χ4v) is 8.63. The SMILES string of the molecule is C1=Cc2sc3c(-c4ccc(-c5ccc(N(c6ccc(-c7ccccc7)nc6)c6ccc7oc8ccccc8c7c6)cc5)cn4)cccc3c2CC1. The van der Waals surface area contributed by atoms with E-state index in [2.05, 4.69) is 126 Å². The first-order chi connectivity index (χ1) is 25.3. The number of hydrogen-bond acceptors (Lipinski definition) is 5. The molecule has 4 aromatic heterocycles. The zero-order chi connectivity index (χ0) is 33.7. The van der Waals surface area contributed by atoms with Crippen LogP contribution in [0.25, 0.3) is 71.7 Å². The molecule has 0 saturated heterocycles. The van der Waals surface area contributed by atoms with E-state index in [0.717, 1.165) is 79.9 Å². The van der Waals surface area contributed by atoms with Crippen molar-refractivity contribution in [1.29, 1.82) is 0 Å². The molecule has 0 bridgehead atoms. The largest absolute Gasteiger partial charge is 0.456 e. The van der Waals surface area contributed by atoms with Gasteiger partial charge in [-0.25, -0.2) is 0 Å². The fraction of sp³-hybridized carbons (Fsp3) is 0.0435. The molecule has 9 aromatic rings. The van der Waals surface area contributed by atoms with Crippen molar-refractivity contribution in [3.63, 3.8) is 0 Å². The van der Waals surface area contributed by atoms with Crippen LogP contribution in [0.2, 0.25) is 0 Å². The van der Waals surface area contributed by atoms with Gasteiger partial charge in [0.25, 0.3) is 0 Å². The average Bonchev–Trinajstić information content (AvgIpc) is 3.77. The molecule has 0 aliphatic heterocycles. The maximum atomic E-state index is 6.17. The van der Waals surface area contributed by atoms with Crippen LogP contribution in [0.15, 0.2) is 162 Å². The number of para-hydroxylation sites is 1. The molecule has 1 aliphatic carbocycles. The van der Waals surface area contributed by atoms with E-state index in [4.69, 9.17) is 14.4 Å². The summed E-state index contributed by atoms with van der Waals surface area (Å²) in [5.41, 5.74) is 12.7. The topological polar surface area (TPSA) is 42.2 Å². The van der Waals surface area contributed by atoms with E-state index in [-0.39, 0.29) is 0 Å². The number of rotatable bonds is 6. The Bertz CT molecular complexity index is 2720. The van der Waals surface area contributed by atoms with E-state index in [0.29, 0.717) is 0 Å². The lowest BCUT2D eigenvalue weighted by Gasteiger charge is -2.25. The number of allylic oxidation sites excluding steroid dienone is 1. The van der Waals surface area contributed by atoms with E-state index in [1.54, 1.807) is 0 Å². The molecule has 0 saturated carbocycles. The summed E-state index contributed by atoms with van der Waals surface area (Å²) in [6, 6.07) is 48.8. The van der Waals surface area contributed by atoms with Crippen molar-refractivity contribution in [1.82, 2.24) is 9.97 Å².